The van der Waals surface area contributed by atoms with Gasteiger partial charge in [-0.3, -0.25) is 9.79 Å². The molecule has 1 N–H and O–H groups in total. The maximum Gasteiger partial charge on any atom is 0.251 e. The summed E-state index contributed by atoms with van der Waals surface area (Å²) in [5, 5.41) is 4.18. The second-order valence-electron chi connectivity index (χ2n) is 6.59. The minimum absolute atomic E-state index is 0.148. The predicted octanol–water partition coefficient (Wildman–Crippen LogP) is 2.33. The standard InChI is InChI=1S/C19H27ClN4O2S/c1-21-19(22-8-14-27-16-6-4-15(20)5-7-16)24-11-9-23(10-12-24)18(25)17-3-2-13-26-17/h4-7,17H,2-3,8-14H2,1H3,(H,21,22). The number of benzene rings is 1. The molecule has 1 atom stereocenters. The number of hydrogen-bond acceptors (Lipinski definition) is 4. The van der Waals surface area contributed by atoms with Gasteiger partial charge in [0.15, 0.2) is 5.96 Å². The van der Waals surface area contributed by atoms with E-state index < -0.39 is 0 Å². The Morgan fingerprint density at radius 2 is 1.96 bits per heavy atom. The van der Waals surface area contributed by atoms with E-state index in [1.54, 1.807) is 18.8 Å². The van der Waals surface area contributed by atoms with Gasteiger partial charge >= 0.3 is 0 Å². The van der Waals surface area contributed by atoms with Crippen LogP contribution in [0.5, 0.6) is 0 Å². The van der Waals surface area contributed by atoms with E-state index >= 15 is 0 Å². The van der Waals surface area contributed by atoms with Crippen molar-refractivity contribution in [1.29, 1.82) is 0 Å². The summed E-state index contributed by atoms with van der Waals surface area (Å²) in [6, 6.07) is 7.89. The van der Waals surface area contributed by atoms with Crippen molar-refractivity contribution in [2.45, 2.75) is 23.8 Å². The van der Waals surface area contributed by atoms with Crippen LogP contribution in [-0.2, 0) is 9.53 Å². The summed E-state index contributed by atoms with van der Waals surface area (Å²) >= 11 is 7.70. The maximum absolute atomic E-state index is 12.4. The highest BCUT2D eigenvalue weighted by Gasteiger charge is 2.30. The molecule has 1 aromatic rings. The average molecular weight is 411 g/mol. The number of ether oxygens (including phenoxy) is 1. The normalized spacial score (nSPS) is 20.8. The molecule has 6 nitrogen and oxygen atoms in total. The molecule has 2 saturated heterocycles. The van der Waals surface area contributed by atoms with Crippen LogP contribution in [0.15, 0.2) is 34.2 Å². The van der Waals surface area contributed by atoms with Gasteiger partial charge in [-0.2, -0.15) is 0 Å². The van der Waals surface area contributed by atoms with Crippen LogP contribution in [0.1, 0.15) is 12.8 Å². The molecule has 1 amide bonds. The minimum Gasteiger partial charge on any atom is -0.368 e. The van der Waals surface area contributed by atoms with Gasteiger partial charge in [-0.1, -0.05) is 11.6 Å². The third-order valence-corrected chi connectivity index (χ3v) is 6.04. The minimum atomic E-state index is -0.223. The van der Waals surface area contributed by atoms with Crippen LogP contribution in [-0.4, -0.2) is 79.9 Å². The first kappa shape index (κ1) is 20.3. The van der Waals surface area contributed by atoms with Crippen molar-refractivity contribution >= 4 is 35.2 Å². The van der Waals surface area contributed by atoms with Crippen molar-refractivity contribution in [2.75, 3.05) is 52.1 Å². The summed E-state index contributed by atoms with van der Waals surface area (Å²) in [7, 11) is 1.80. The zero-order valence-corrected chi connectivity index (χ0v) is 17.3. The molecule has 148 valence electrons. The zero-order chi connectivity index (χ0) is 19.1. The molecule has 8 heteroatoms. The van der Waals surface area contributed by atoms with Crippen molar-refractivity contribution in [3.05, 3.63) is 29.3 Å². The lowest BCUT2D eigenvalue weighted by Crippen LogP contribution is -2.55. The van der Waals surface area contributed by atoms with Crippen molar-refractivity contribution in [2.24, 2.45) is 4.99 Å². The number of aliphatic imine (C=N–C) groups is 1. The van der Waals surface area contributed by atoms with Crippen LogP contribution >= 0.6 is 23.4 Å². The zero-order valence-electron chi connectivity index (χ0n) is 15.7. The smallest absolute Gasteiger partial charge is 0.251 e. The Hall–Kier alpha value is -1.44. The molecule has 0 aromatic heterocycles. The van der Waals surface area contributed by atoms with E-state index in [1.807, 2.05) is 29.2 Å². The number of carbonyl (C=O) groups is 1. The molecule has 0 radical (unpaired) electrons. The first-order valence-corrected chi connectivity index (χ1v) is 10.8. The molecule has 0 saturated carbocycles. The number of amides is 1. The summed E-state index contributed by atoms with van der Waals surface area (Å²) in [5.74, 6) is 1.99. The van der Waals surface area contributed by atoms with Crippen LogP contribution in [0.4, 0.5) is 0 Å². The van der Waals surface area contributed by atoms with Gasteiger partial charge in [0, 0.05) is 62.0 Å². The predicted molar refractivity (Wildman–Crippen MR) is 111 cm³/mol. The number of guanidine groups is 1. The molecule has 0 spiro atoms. The number of halogens is 1. The highest BCUT2D eigenvalue weighted by molar-refractivity contribution is 7.99. The fourth-order valence-corrected chi connectivity index (χ4v) is 4.20. The number of hydrogen-bond donors (Lipinski definition) is 1. The van der Waals surface area contributed by atoms with E-state index in [0.29, 0.717) is 6.61 Å². The Balaban J connectivity index is 1.38. The van der Waals surface area contributed by atoms with Gasteiger partial charge in [-0.25, -0.2) is 0 Å². The molecule has 27 heavy (non-hydrogen) atoms. The van der Waals surface area contributed by atoms with Crippen LogP contribution < -0.4 is 5.32 Å². The van der Waals surface area contributed by atoms with Crippen molar-refractivity contribution in [3.8, 4) is 0 Å². The van der Waals surface area contributed by atoms with Gasteiger partial charge in [-0.05, 0) is 37.1 Å². The third-order valence-electron chi connectivity index (χ3n) is 4.78. The average Bonchev–Trinajstić information content (AvgIpc) is 3.24. The fraction of sp³-hybridized carbons (Fsp3) is 0.579. The lowest BCUT2D eigenvalue weighted by molar-refractivity contribution is -0.142. The third kappa shape index (κ3) is 5.77. The molecule has 2 aliphatic rings. The van der Waals surface area contributed by atoms with Gasteiger partial charge in [-0.15, -0.1) is 11.8 Å². The second kappa shape index (κ2) is 10.2. The molecule has 0 bridgehead atoms. The number of nitrogens with one attached hydrogen (secondary N) is 1. The summed E-state index contributed by atoms with van der Waals surface area (Å²) in [5.41, 5.74) is 0. The van der Waals surface area contributed by atoms with Crippen molar-refractivity contribution < 1.29 is 9.53 Å². The van der Waals surface area contributed by atoms with E-state index in [-0.39, 0.29) is 12.0 Å². The van der Waals surface area contributed by atoms with Crippen LogP contribution in [0.2, 0.25) is 5.02 Å². The van der Waals surface area contributed by atoms with Gasteiger partial charge in [0.25, 0.3) is 5.91 Å². The monoisotopic (exact) mass is 410 g/mol. The van der Waals surface area contributed by atoms with E-state index in [9.17, 15) is 4.79 Å². The van der Waals surface area contributed by atoms with E-state index in [0.717, 1.165) is 62.3 Å². The van der Waals surface area contributed by atoms with Gasteiger partial charge in [0.05, 0.1) is 0 Å². The Morgan fingerprint density at radius 1 is 1.26 bits per heavy atom. The first-order valence-electron chi connectivity index (χ1n) is 9.42. The molecule has 1 unspecified atom stereocenters. The Bertz CT molecular complexity index is 642. The quantitative estimate of drug-likeness (QED) is 0.349. The van der Waals surface area contributed by atoms with Gasteiger partial charge in [0.1, 0.15) is 6.10 Å². The molecule has 2 heterocycles. The molecule has 3 rings (SSSR count). The number of piperazine rings is 1. The SMILES string of the molecule is CN=C(NCCSc1ccc(Cl)cc1)N1CCN(C(=O)C2CCCO2)CC1. The van der Waals surface area contributed by atoms with Gasteiger partial charge < -0.3 is 19.9 Å². The van der Waals surface area contributed by atoms with Crippen molar-refractivity contribution in [1.82, 2.24) is 15.1 Å². The van der Waals surface area contributed by atoms with E-state index in [1.165, 1.54) is 4.90 Å². The first-order chi connectivity index (χ1) is 13.2. The highest BCUT2D eigenvalue weighted by Crippen LogP contribution is 2.20. The Morgan fingerprint density at radius 3 is 2.59 bits per heavy atom. The van der Waals surface area contributed by atoms with Crippen LogP contribution in [0, 0.1) is 0 Å². The molecular weight excluding hydrogens is 384 g/mol. The molecule has 1 aromatic carbocycles. The molecule has 2 fully saturated rings. The largest absolute Gasteiger partial charge is 0.368 e. The second-order valence-corrected chi connectivity index (χ2v) is 8.20. The maximum atomic E-state index is 12.4. The molecule has 0 aliphatic carbocycles. The Labute approximate surface area is 170 Å². The summed E-state index contributed by atoms with van der Waals surface area (Å²) in [6.07, 6.45) is 1.62. The molecule has 2 aliphatic heterocycles. The lowest BCUT2D eigenvalue weighted by Gasteiger charge is -2.37. The summed E-state index contributed by atoms with van der Waals surface area (Å²) in [6.45, 7) is 4.57. The topological polar surface area (TPSA) is 57.2 Å². The summed E-state index contributed by atoms with van der Waals surface area (Å²) < 4.78 is 5.52. The lowest BCUT2D eigenvalue weighted by atomic mass is 10.2. The number of rotatable bonds is 5. The van der Waals surface area contributed by atoms with Crippen molar-refractivity contribution in [3.63, 3.8) is 0 Å². The van der Waals surface area contributed by atoms with Gasteiger partial charge in [0.2, 0.25) is 0 Å². The van der Waals surface area contributed by atoms with Crippen LogP contribution in [0.3, 0.4) is 0 Å². The Kier molecular flexibility index (Phi) is 7.67. The number of carbonyl (C=O) groups excluding carboxylic acids is 1. The van der Waals surface area contributed by atoms with E-state index in [2.05, 4.69) is 15.2 Å². The molecular formula is C19H27ClN4O2S. The number of thioether (sulfide) groups is 1. The highest BCUT2D eigenvalue weighted by atomic mass is 35.5. The van der Waals surface area contributed by atoms with Crippen LogP contribution in [0.25, 0.3) is 0 Å². The van der Waals surface area contributed by atoms with E-state index in [4.69, 9.17) is 16.3 Å². The fourth-order valence-electron chi connectivity index (χ4n) is 3.31. The summed E-state index contributed by atoms with van der Waals surface area (Å²) in [4.78, 5) is 22.2. The number of nitrogens with zero attached hydrogens (tertiary/aromatic N) is 3.